The third-order valence-corrected chi connectivity index (χ3v) is 4.11. The van der Waals surface area contributed by atoms with Crippen LogP contribution in [-0.2, 0) is 4.74 Å². The lowest BCUT2D eigenvalue weighted by Crippen LogP contribution is -2.34. The fraction of sp³-hybridized carbons (Fsp3) is 0.800. The van der Waals surface area contributed by atoms with Gasteiger partial charge < -0.3 is 10.1 Å². The summed E-state index contributed by atoms with van der Waals surface area (Å²) >= 11 is 3.64. The Morgan fingerprint density at radius 3 is 2.60 bits per heavy atom. The number of hydrogen-bond donors (Lipinski definition) is 1. The molecule has 1 N–H and O–H groups in total. The Hall–Kier alpha value is -0.390. The Morgan fingerprint density at radius 1 is 1.45 bits per heavy atom. The largest absolute Gasteiger partial charge is 0.379 e. The van der Waals surface area contributed by atoms with Crippen molar-refractivity contribution in [2.45, 2.75) is 65.1 Å². The number of ether oxygens (including phenoxy) is 1. The highest BCUT2D eigenvalue weighted by Crippen LogP contribution is 2.32. The van der Waals surface area contributed by atoms with E-state index >= 15 is 0 Å². The van der Waals surface area contributed by atoms with Crippen molar-refractivity contribution in [3.05, 3.63) is 16.4 Å². The topological polar surface area (TPSA) is 39.1 Å². The molecule has 0 spiro atoms. The molecule has 20 heavy (non-hydrogen) atoms. The smallest absolute Gasteiger partial charge is 0.0699 e. The zero-order chi connectivity index (χ0) is 15.3. The van der Waals surface area contributed by atoms with Crippen molar-refractivity contribution >= 4 is 15.9 Å². The highest BCUT2D eigenvalue weighted by molar-refractivity contribution is 9.10. The minimum atomic E-state index is -0.170. The van der Waals surface area contributed by atoms with Crippen LogP contribution < -0.4 is 5.32 Å². The van der Waals surface area contributed by atoms with Gasteiger partial charge in [-0.2, -0.15) is 5.10 Å². The van der Waals surface area contributed by atoms with Gasteiger partial charge in [0.15, 0.2) is 0 Å². The highest BCUT2D eigenvalue weighted by atomic mass is 79.9. The van der Waals surface area contributed by atoms with Crippen molar-refractivity contribution in [3.8, 4) is 0 Å². The van der Waals surface area contributed by atoms with Gasteiger partial charge in [0.25, 0.3) is 0 Å². The van der Waals surface area contributed by atoms with Crippen LogP contribution in [0.4, 0.5) is 0 Å². The molecule has 1 aromatic heterocycles. The summed E-state index contributed by atoms with van der Waals surface area (Å²) in [5.74, 6) is 0. The quantitative estimate of drug-likeness (QED) is 0.771. The van der Waals surface area contributed by atoms with Crippen molar-refractivity contribution in [1.82, 2.24) is 15.1 Å². The molecular weight excluding hydrogens is 318 g/mol. The Labute approximate surface area is 131 Å². The van der Waals surface area contributed by atoms with Gasteiger partial charge in [-0.15, -0.1) is 0 Å². The van der Waals surface area contributed by atoms with Crippen molar-refractivity contribution < 1.29 is 4.74 Å². The minimum Gasteiger partial charge on any atom is -0.379 e. The Morgan fingerprint density at radius 2 is 2.10 bits per heavy atom. The molecule has 0 radical (unpaired) electrons. The molecule has 0 aliphatic rings. The van der Waals surface area contributed by atoms with Gasteiger partial charge in [-0.05, 0) is 63.0 Å². The van der Waals surface area contributed by atoms with E-state index in [4.69, 9.17) is 4.74 Å². The van der Waals surface area contributed by atoms with Crippen LogP contribution in [0, 0.1) is 0 Å². The molecule has 1 aromatic rings. The predicted molar refractivity (Wildman–Crippen MR) is 87.1 cm³/mol. The van der Waals surface area contributed by atoms with Gasteiger partial charge in [0.1, 0.15) is 0 Å². The number of hydrogen-bond acceptors (Lipinski definition) is 3. The van der Waals surface area contributed by atoms with E-state index in [1.807, 2.05) is 6.20 Å². The van der Waals surface area contributed by atoms with Crippen LogP contribution in [0.15, 0.2) is 10.7 Å². The lowest BCUT2D eigenvalue weighted by molar-refractivity contribution is 0.00597. The average molecular weight is 346 g/mol. The maximum absolute atomic E-state index is 5.60. The zero-order valence-electron chi connectivity index (χ0n) is 13.5. The summed E-state index contributed by atoms with van der Waals surface area (Å²) in [7, 11) is 1.77. The summed E-state index contributed by atoms with van der Waals surface area (Å²) in [6, 6.07) is 0.567. The summed E-state index contributed by atoms with van der Waals surface area (Å²) < 4.78 is 8.75. The predicted octanol–water partition coefficient (Wildman–Crippen LogP) is 4.08. The van der Waals surface area contributed by atoms with Gasteiger partial charge in [0, 0.05) is 13.2 Å². The van der Waals surface area contributed by atoms with E-state index in [0.29, 0.717) is 6.04 Å². The van der Waals surface area contributed by atoms with Crippen molar-refractivity contribution in [2.24, 2.45) is 0 Å². The number of rotatable bonds is 8. The van der Waals surface area contributed by atoms with E-state index in [1.54, 1.807) is 7.11 Å². The van der Waals surface area contributed by atoms with Crippen molar-refractivity contribution in [1.29, 1.82) is 0 Å². The van der Waals surface area contributed by atoms with Gasteiger partial charge in [0.05, 0.1) is 28.0 Å². The monoisotopic (exact) mass is 345 g/mol. The van der Waals surface area contributed by atoms with Gasteiger partial charge in [-0.3, -0.25) is 4.68 Å². The third kappa shape index (κ3) is 4.57. The van der Waals surface area contributed by atoms with Gasteiger partial charge >= 0.3 is 0 Å². The summed E-state index contributed by atoms with van der Waals surface area (Å²) in [5, 5.41) is 8.12. The molecule has 1 rings (SSSR count). The molecule has 5 heteroatoms. The summed E-state index contributed by atoms with van der Waals surface area (Å²) in [5.41, 5.74) is 1.04. The van der Waals surface area contributed by atoms with Crippen LogP contribution in [-0.4, -0.2) is 29.0 Å². The second-order valence-electron chi connectivity index (χ2n) is 6.09. The summed E-state index contributed by atoms with van der Waals surface area (Å²) in [6.45, 7) is 11.7. The van der Waals surface area contributed by atoms with Crippen LogP contribution in [0.3, 0.4) is 0 Å². The van der Waals surface area contributed by atoms with E-state index in [-0.39, 0.29) is 11.6 Å². The number of nitrogens with one attached hydrogen (secondary N) is 1. The molecule has 0 saturated carbocycles. The van der Waals surface area contributed by atoms with E-state index < -0.39 is 0 Å². The molecule has 1 unspecified atom stereocenters. The second kappa shape index (κ2) is 7.57. The number of halogens is 1. The molecule has 0 saturated heterocycles. The number of nitrogens with zero attached hydrogens (tertiary/aromatic N) is 2. The number of methoxy groups -OCH3 is 1. The first kappa shape index (κ1) is 17.7. The minimum absolute atomic E-state index is 0.170. The van der Waals surface area contributed by atoms with E-state index in [0.717, 1.165) is 23.9 Å². The molecule has 0 amide bonds. The Kier molecular flexibility index (Phi) is 6.69. The summed E-state index contributed by atoms with van der Waals surface area (Å²) in [6.07, 6.45) is 3.90. The molecule has 0 aromatic carbocycles. The maximum Gasteiger partial charge on any atom is 0.0699 e. The van der Waals surface area contributed by atoms with Crippen LogP contribution in [0.25, 0.3) is 0 Å². The lowest BCUT2D eigenvalue weighted by atomic mass is 9.96. The first-order valence-electron chi connectivity index (χ1n) is 7.33. The molecule has 116 valence electrons. The average Bonchev–Trinajstić information content (AvgIpc) is 2.76. The lowest BCUT2D eigenvalue weighted by Gasteiger charge is -2.30. The van der Waals surface area contributed by atoms with Gasteiger partial charge in [-0.1, -0.05) is 6.92 Å². The first-order valence-corrected chi connectivity index (χ1v) is 8.13. The van der Waals surface area contributed by atoms with Crippen molar-refractivity contribution in [3.63, 3.8) is 0 Å². The van der Waals surface area contributed by atoms with Gasteiger partial charge in [0.2, 0.25) is 0 Å². The Bertz CT molecular complexity index is 415. The zero-order valence-corrected chi connectivity index (χ0v) is 15.1. The normalized spacial score (nSPS) is 14.0. The second-order valence-corrected chi connectivity index (χ2v) is 6.95. The van der Waals surface area contributed by atoms with Crippen LogP contribution in [0.1, 0.15) is 65.2 Å². The third-order valence-electron chi connectivity index (χ3n) is 3.50. The first-order chi connectivity index (χ1) is 9.32. The molecule has 0 aliphatic carbocycles. The maximum atomic E-state index is 5.60. The van der Waals surface area contributed by atoms with E-state index in [9.17, 15) is 0 Å². The fourth-order valence-corrected chi connectivity index (χ4v) is 2.80. The van der Waals surface area contributed by atoms with E-state index in [2.05, 4.69) is 65.6 Å². The molecule has 4 nitrogen and oxygen atoms in total. The number of aromatic nitrogens is 2. The SMILES string of the molecule is CCCNC(CC(C)(C)OC)c1c(Br)cnn1C(C)C. The Balaban J connectivity index is 3.07. The van der Waals surface area contributed by atoms with E-state index in [1.165, 1.54) is 5.69 Å². The molecular formula is C15H28BrN3O. The molecule has 1 atom stereocenters. The highest BCUT2D eigenvalue weighted by Gasteiger charge is 2.28. The van der Waals surface area contributed by atoms with Gasteiger partial charge in [-0.25, -0.2) is 0 Å². The van der Waals surface area contributed by atoms with Crippen LogP contribution in [0.2, 0.25) is 0 Å². The molecule has 0 bridgehead atoms. The van der Waals surface area contributed by atoms with Crippen LogP contribution >= 0.6 is 15.9 Å². The van der Waals surface area contributed by atoms with Crippen LogP contribution in [0.5, 0.6) is 0 Å². The standard InChI is InChI=1S/C15H28BrN3O/c1-7-8-17-13(9-15(4,5)20-6)14-12(16)10-18-19(14)11(2)3/h10-11,13,17H,7-9H2,1-6H3. The van der Waals surface area contributed by atoms with Crippen molar-refractivity contribution in [2.75, 3.05) is 13.7 Å². The molecule has 0 aliphatic heterocycles. The summed E-state index contributed by atoms with van der Waals surface area (Å²) in [4.78, 5) is 0. The molecule has 1 heterocycles. The fourth-order valence-electron chi connectivity index (χ4n) is 2.25. The molecule has 0 fully saturated rings.